The van der Waals surface area contributed by atoms with E-state index in [4.69, 9.17) is 0 Å². The normalized spacial score (nSPS) is 10.8. The number of alkyl halides is 1. The SMILES string of the molecule is Cc1cc(CBr)c2cccc(F)c2n1. The van der Waals surface area contributed by atoms with Crippen molar-refractivity contribution in [1.29, 1.82) is 0 Å². The second kappa shape index (κ2) is 3.65. The summed E-state index contributed by atoms with van der Waals surface area (Å²) < 4.78 is 13.4. The van der Waals surface area contributed by atoms with E-state index in [0.717, 1.165) is 22.0 Å². The third-order valence-corrected chi connectivity index (χ3v) is 2.75. The van der Waals surface area contributed by atoms with Crippen LogP contribution >= 0.6 is 15.9 Å². The lowest BCUT2D eigenvalue weighted by Crippen LogP contribution is -1.91. The number of pyridine rings is 1. The molecule has 1 aromatic carbocycles. The quantitative estimate of drug-likeness (QED) is 0.709. The Bertz CT molecular complexity index is 482. The molecule has 0 unspecified atom stereocenters. The summed E-state index contributed by atoms with van der Waals surface area (Å²) in [7, 11) is 0. The van der Waals surface area contributed by atoms with Crippen molar-refractivity contribution in [2.45, 2.75) is 12.3 Å². The van der Waals surface area contributed by atoms with Gasteiger partial charge < -0.3 is 0 Å². The van der Waals surface area contributed by atoms with Crippen LogP contribution in [-0.2, 0) is 5.33 Å². The number of halogens is 2. The molecular formula is C11H9BrFN. The highest BCUT2D eigenvalue weighted by molar-refractivity contribution is 9.08. The van der Waals surface area contributed by atoms with Crippen LogP contribution in [0.2, 0.25) is 0 Å². The van der Waals surface area contributed by atoms with Gasteiger partial charge in [-0.15, -0.1) is 0 Å². The van der Waals surface area contributed by atoms with E-state index in [2.05, 4.69) is 20.9 Å². The van der Waals surface area contributed by atoms with Crippen LogP contribution in [0.4, 0.5) is 4.39 Å². The molecule has 0 atom stereocenters. The Morgan fingerprint density at radius 1 is 1.43 bits per heavy atom. The third-order valence-electron chi connectivity index (χ3n) is 2.15. The van der Waals surface area contributed by atoms with Crippen LogP contribution in [0.25, 0.3) is 10.9 Å². The molecule has 0 bridgehead atoms. The summed E-state index contributed by atoms with van der Waals surface area (Å²) in [6.07, 6.45) is 0. The first-order valence-corrected chi connectivity index (χ1v) is 5.45. The number of aryl methyl sites for hydroxylation is 1. The molecule has 0 spiro atoms. The second-order valence-electron chi connectivity index (χ2n) is 3.19. The van der Waals surface area contributed by atoms with Crippen molar-refractivity contribution < 1.29 is 4.39 Å². The first kappa shape index (κ1) is 9.59. The van der Waals surface area contributed by atoms with Crippen molar-refractivity contribution >= 4 is 26.8 Å². The molecule has 0 radical (unpaired) electrons. The highest BCUT2D eigenvalue weighted by Crippen LogP contribution is 2.22. The molecule has 2 rings (SSSR count). The molecule has 14 heavy (non-hydrogen) atoms. The number of benzene rings is 1. The Morgan fingerprint density at radius 3 is 2.93 bits per heavy atom. The van der Waals surface area contributed by atoms with Crippen LogP contribution in [0.15, 0.2) is 24.3 Å². The van der Waals surface area contributed by atoms with Gasteiger partial charge in [-0.25, -0.2) is 4.39 Å². The molecule has 1 nitrogen and oxygen atoms in total. The highest BCUT2D eigenvalue weighted by Gasteiger charge is 2.06. The summed E-state index contributed by atoms with van der Waals surface area (Å²) in [6, 6.07) is 7.01. The lowest BCUT2D eigenvalue weighted by molar-refractivity contribution is 0.636. The molecule has 0 fully saturated rings. The molecule has 0 saturated carbocycles. The summed E-state index contributed by atoms with van der Waals surface area (Å²) in [6.45, 7) is 1.87. The van der Waals surface area contributed by atoms with Gasteiger partial charge in [0.25, 0.3) is 0 Å². The van der Waals surface area contributed by atoms with Gasteiger partial charge in [-0.2, -0.15) is 0 Å². The van der Waals surface area contributed by atoms with E-state index in [1.165, 1.54) is 6.07 Å². The highest BCUT2D eigenvalue weighted by atomic mass is 79.9. The van der Waals surface area contributed by atoms with E-state index < -0.39 is 0 Å². The number of hydrogen-bond acceptors (Lipinski definition) is 1. The van der Waals surface area contributed by atoms with E-state index in [1.807, 2.05) is 19.1 Å². The third kappa shape index (κ3) is 1.52. The average Bonchev–Trinajstić information content (AvgIpc) is 2.18. The molecule has 0 aliphatic carbocycles. The Hall–Kier alpha value is -0.960. The molecule has 1 aromatic heterocycles. The van der Waals surface area contributed by atoms with E-state index in [9.17, 15) is 4.39 Å². The zero-order chi connectivity index (χ0) is 10.1. The Kier molecular flexibility index (Phi) is 2.50. The number of para-hydroxylation sites is 1. The Labute approximate surface area is 90.1 Å². The van der Waals surface area contributed by atoms with Gasteiger partial charge in [-0.05, 0) is 24.6 Å². The van der Waals surface area contributed by atoms with Crippen molar-refractivity contribution in [3.8, 4) is 0 Å². The van der Waals surface area contributed by atoms with Gasteiger partial charge in [0, 0.05) is 16.4 Å². The number of rotatable bonds is 1. The minimum Gasteiger partial charge on any atom is -0.250 e. The minimum atomic E-state index is -0.256. The van der Waals surface area contributed by atoms with Crippen LogP contribution in [-0.4, -0.2) is 4.98 Å². The van der Waals surface area contributed by atoms with Crippen molar-refractivity contribution in [2.24, 2.45) is 0 Å². The Morgan fingerprint density at radius 2 is 2.21 bits per heavy atom. The predicted octanol–water partition coefficient (Wildman–Crippen LogP) is 3.58. The second-order valence-corrected chi connectivity index (χ2v) is 3.75. The fourth-order valence-corrected chi connectivity index (χ4v) is 2.00. The molecule has 1 heterocycles. The topological polar surface area (TPSA) is 12.9 Å². The zero-order valence-electron chi connectivity index (χ0n) is 7.72. The van der Waals surface area contributed by atoms with Crippen molar-refractivity contribution in [1.82, 2.24) is 4.98 Å². The summed E-state index contributed by atoms with van der Waals surface area (Å²) in [5, 5.41) is 1.60. The monoisotopic (exact) mass is 253 g/mol. The molecule has 0 aliphatic rings. The van der Waals surface area contributed by atoms with Crippen LogP contribution in [0.5, 0.6) is 0 Å². The van der Waals surface area contributed by atoms with Gasteiger partial charge >= 0.3 is 0 Å². The van der Waals surface area contributed by atoms with E-state index >= 15 is 0 Å². The van der Waals surface area contributed by atoms with Gasteiger partial charge in [-0.3, -0.25) is 4.98 Å². The standard InChI is InChI=1S/C11H9BrFN/c1-7-5-8(6-12)9-3-2-4-10(13)11(9)14-7/h2-5H,6H2,1H3. The number of fused-ring (bicyclic) bond motifs is 1. The predicted molar refractivity (Wildman–Crippen MR) is 59.1 cm³/mol. The maximum atomic E-state index is 13.4. The summed E-state index contributed by atoms with van der Waals surface area (Å²) in [4.78, 5) is 4.19. The van der Waals surface area contributed by atoms with Gasteiger partial charge in [0.1, 0.15) is 11.3 Å². The fraction of sp³-hybridized carbons (Fsp3) is 0.182. The molecule has 2 aromatic rings. The number of hydrogen-bond donors (Lipinski definition) is 0. The number of nitrogens with zero attached hydrogens (tertiary/aromatic N) is 1. The Balaban J connectivity index is 2.87. The lowest BCUT2D eigenvalue weighted by Gasteiger charge is -2.05. The maximum absolute atomic E-state index is 13.4. The molecule has 0 N–H and O–H groups in total. The van der Waals surface area contributed by atoms with Crippen molar-refractivity contribution in [2.75, 3.05) is 0 Å². The first-order valence-electron chi connectivity index (χ1n) is 4.33. The molecular weight excluding hydrogens is 245 g/mol. The van der Waals surface area contributed by atoms with Gasteiger partial charge in [-0.1, -0.05) is 28.1 Å². The van der Waals surface area contributed by atoms with Crippen LogP contribution in [0, 0.1) is 12.7 Å². The van der Waals surface area contributed by atoms with Crippen molar-refractivity contribution in [3.05, 3.63) is 41.3 Å². The van der Waals surface area contributed by atoms with Gasteiger partial charge in [0.05, 0.1) is 0 Å². The number of aromatic nitrogens is 1. The first-order chi connectivity index (χ1) is 6.72. The van der Waals surface area contributed by atoms with Crippen LogP contribution in [0.1, 0.15) is 11.3 Å². The molecule has 0 amide bonds. The fourth-order valence-electron chi connectivity index (χ4n) is 1.54. The largest absolute Gasteiger partial charge is 0.250 e. The molecule has 3 heteroatoms. The molecule has 72 valence electrons. The van der Waals surface area contributed by atoms with Gasteiger partial charge in [0.2, 0.25) is 0 Å². The summed E-state index contributed by atoms with van der Waals surface area (Å²) >= 11 is 3.39. The zero-order valence-corrected chi connectivity index (χ0v) is 9.31. The summed E-state index contributed by atoms with van der Waals surface area (Å²) in [5.74, 6) is -0.256. The van der Waals surface area contributed by atoms with Crippen LogP contribution < -0.4 is 0 Å². The molecule has 0 aliphatic heterocycles. The maximum Gasteiger partial charge on any atom is 0.149 e. The smallest absolute Gasteiger partial charge is 0.149 e. The lowest BCUT2D eigenvalue weighted by atomic mass is 10.1. The van der Waals surface area contributed by atoms with E-state index in [-0.39, 0.29) is 5.82 Å². The van der Waals surface area contributed by atoms with Crippen LogP contribution in [0.3, 0.4) is 0 Å². The summed E-state index contributed by atoms with van der Waals surface area (Å²) in [5.41, 5.74) is 2.38. The van der Waals surface area contributed by atoms with Gasteiger partial charge in [0.15, 0.2) is 0 Å². The average molecular weight is 254 g/mol. The van der Waals surface area contributed by atoms with E-state index in [1.54, 1.807) is 6.07 Å². The van der Waals surface area contributed by atoms with E-state index in [0.29, 0.717) is 5.52 Å². The molecule has 0 saturated heterocycles. The minimum absolute atomic E-state index is 0.256. The van der Waals surface area contributed by atoms with Crippen molar-refractivity contribution in [3.63, 3.8) is 0 Å².